The summed E-state index contributed by atoms with van der Waals surface area (Å²) in [7, 11) is 0. The molecule has 0 heterocycles. The number of anilines is 2. The van der Waals surface area contributed by atoms with E-state index in [2.05, 4.69) is 0 Å². The van der Waals surface area contributed by atoms with Gasteiger partial charge < -0.3 is 10.6 Å². The molecule has 0 atom stereocenters. The number of nitrogen functional groups attached to an aromatic ring is 1. The van der Waals surface area contributed by atoms with E-state index >= 15 is 0 Å². The van der Waals surface area contributed by atoms with Gasteiger partial charge in [-0.1, -0.05) is 6.92 Å². The van der Waals surface area contributed by atoms with Gasteiger partial charge in [0.2, 0.25) is 0 Å². The van der Waals surface area contributed by atoms with E-state index in [1.54, 1.807) is 6.92 Å². The standard InChI is InChI=1S/C12H14F6N2/c1-2-5-20(7-11(13,14)15)10-4-3-8(19)6-9(10)12(16,17)18/h3-4,6H,2,5,7,19H2,1H3. The summed E-state index contributed by atoms with van der Waals surface area (Å²) in [6.45, 7) is 0.0221. The number of nitrogens with zero attached hydrogens (tertiary/aromatic N) is 1. The zero-order valence-electron chi connectivity index (χ0n) is 10.6. The highest BCUT2D eigenvalue weighted by molar-refractivity contribution is 5.61. The molecular formula is C12H14F6N2. The molecule has 114 valence electrons. The van der Waals surface area contributed by atoms with Crippen LogP contribution >= 0.6 is 0 Å². The van der Waals surface area contributed by atoms with Crippen molar-refractivity contribution in [1.29, 1.82) is 0 Å². The van der Waals surface area contributed by atoms with Crippen LogP contribution in [0.4, 0.5) is 37.7 Å². The summed E-state index contributed by atoms with van der Waals surface area (Å²) in [6, 6.07) is 2.78. The van der Waals surface area contributed by atoms with E-state index in [0.717, 1.165) is 12.1 Å². The lowest BCUT2D eigenvalue weighted by Crippen LogP contribution is -2.36. The van der Waals surface area contributed by atoms with Crippen molar-refractivity contribution in [1.82, 2.24) is 0 Å². The first-order valence-corrected chi connectivity index (χ1v) is 5.83. The van der Waals surface area contributed by atoms with Crippen molar-refractivity contribution >= 4 is 11.4 Å². The maximum atomic E-state index is 12.9. The Morgan fingerprint density at radius 1 is 1.10 bits per heavy atom. The smallest absolute Gasteiger partial charge is 0.399 e. The average Bonchev–Trinajstić information content (AvgIpc) is 2.25. The van der Waals surface area contributed by atoms with Crippen LogP contribution in [0.15, 0.2) is 18.2 Å². The molecule has 0 spiro atoms. The van der Waals surface area contributed by atoms with Crippen LogP contribution in [0, 0.1) is 0 Å². The van der Waals surface area contributed by atoms with Crippen LogP contribution in [0.3, 0.4) is 0 Å². The Morgan fingerprint density at radius 2 is 1.70 bits per heavy atom. The van der Waals surface area contributed by atoms with Crippen LogP contribution < -0.4 is 10.6 Å². The van der Waals surface area contributed by atoms with Crippen LogP contribution in [0.5, 0.6) is 0 Å². The van der Waals surface area contributed by atoms with Gasteiger partial charge in [0.05, 0.1) is 5.56 Å². The van der Waals surface area contributed by atoms with E-state index in [0.29, 0.717) is 11.0 Å². The monoisotopic (exact) mass is 300 g/mol. The minimum absolute atomic E-state index is 0.132. The topological polar surface area (TPSA) is 29.3 Å². The maximum absolute atomic E-state index is 12.9. The molecule has 0 amide bonds. The molecule has 0 bridgehead atoms. The molecule has 0 fully saturated rings. The highest BCUT2D eigenvalue weighted by Gasteiger charge is 2.37. The fourth-order valence-electron chi connectivity index (χ4n) is 1.83. The second-order valence-corrected chi connectivity index (χ2v) is 4.31. The molecule has 0 radical (unpaired) electrons. The molecule has 0 saturated heterocycles. The number of hydrogen-bond donors (Lipinski definition) is 1. The fourth-order valence-corrected chi connectivity index (χ4v) is 1.83. The Kier molecular flexibility index (Phi) is 4.77. The number of hydrogen-bond acceptors (Lipinski definition) is 2. The molecule has 0 unspecified atom stereocenters. The lowest BCUT2D eigenvalue weighted by molar-refractivity contribution is -0.138. The number of alkyl halides is 6. The summed E-state index contributed by atoms with van der Waals surface area (Å²) in [5, 5.41) is 0. The van der Waals surface area contributed by atoms with Gasteiger partial charge >= 0.3 is 12.4 Å². The van der Waals surface area contributed by atoms with Gasteiger partial charge in [-0.15, -0.1) is 0 Å². The maximum Gasteiger partial charge on any atom is 0.418 e. The molecule has 2 nitrogen and oxygen atoms in total. The summed E-state index contributed by atoms with van der Waals surface area (Å²) < 4.78 is 76.1. The molecule has 1 rings (SSSR count). The quantitative estimate of drug-likeness (QED) is 0.671. The Balaban J connectivity index is 3.26. The lowest BCUT2D eigenvalue weighted by Gasteiger charge is -2.28. The van der Waals surface area contributed by atoms with Crippen molar-refractivity contribution < 1.29 is 26.3 Å². The van der Waals surface area contributed by atoms with Crippen molar-refractivity contribution in [3.63, 3.8) is 0 Å². The summed E-state index contributed by atoms with van der Waals surface area (Å²) in [5.41, 5.74) is 3.47. The number of rotatable bonds is 4. The predicted octanol–water partition coefficient (Wildman–Crippen LogP) is 4.07. The Morgan fingerprint density at radius 3 is 2.15 bits per heavy atom. The second-order valence-electron chi connectivity index (χ2n) is 4.31. The van der Waals surface area contributed by atoms with E-state index in [4.69, 9.17) is 5.73 Å². The normalized spacial score (nSPS) is 12.6. The first-order valence-electron chi connectivity index (χ1n) is 5.83. The van der Waals surface area contributed by atoms with Crippen molar-refractivity contribution in [2.75, 3.05) is 23.7 Å². The summed E-state index contributed by atoms with van der Waals surface area (Å²) in [5.74, 6) is 0. The Labute approximate surface area is 112 Å². The van der Waals surface area contributed by atoms with Crippen LogP contribution in [-0.4, -0.2) is 19.3 Å². The number of halogens is 6. The predicted molar refractivity (Wildman–Crippen MR) is 64.4 cm³/mol. The first kappa shape index (κ1) is 16.5. The van der Waals surface area contributed by atoms with Crippen molar-refractivity contribution in [2.24, 2.45) is 0 Å². The van der Waals surface area contributed by atoms with Gasteiger partial charge in [-0.05, 0) is 24.6 Å². The highest BCUT2D eigenvalue weighted by atomic mass is 19.4. The molecule has 0 aliphatic carbocycles. The van der Waals surface area contributed by atoms with Gasteiger partial charge in [0.1, 0.15) is 6.54 Å². The third-order valence-corrected chi connectivity index (χ3v) is 2.53. The number of benzene rings is 1. The average molecular weight is 300 g/mol. The summed E-state index contributed by atoms with van der Waals surface area (Å²) in [6.07, 6.45) is -9.06. The lowest BCUT2D eigenvalue weighted by atomic mass is 10.1. The first-order chi connectivity index (χ1) is 9.04. The van der Waals surface area contributed by atoms with E-state index in [-0.39, 0.29) is 18.7 Å². The molecular weight excluding hydrogens is 286 g/mol. The molecule has 0 aliphatic rings. The minimum atomic E-state index is -4.76. The van der Waals surface area contributed by atoms with E-state index in [1.165, 1.54) is 0 Å². The van der Waals surface area contributed by atoms with E-state index in [9.17, 15) is 26.3 Å². The molecule has 20 heavy (non-hydrogen) atoms. The molecule has 2 N–H and O–H groups in total. The largest absolute Gasteiger partial charge is 0.418 e. The van der Waals surface area contributed by atoms with E-state index < -0.39 is 30.1 Å². The molecule has 1 aromatic carbocycles. The van der Waals surface area contributed by atoms with Crippen molar-refractivity contribution in [3.8, 4) is 0 Å². The van der Waals surface area contributed by atoms with Crippen LogP contribution in [-0.2, 0) is 6.18 Å². The highest BCUT2D eigenvalue weighted by Crippen LogP contribution is 2.38. The third kappa shape index (κ3) is 4.50. The second kappa shape index (κ2) is 5.80. The zero-order chi connectivity index (χ0) is 15.6. The number of nitrogens with two attached hydrogens (primary N) is 1. The van der Waals surface area contributed by atoms with Gasteiger partial charge in [-0.25, -0.2) is 0 Å². The molecule has 1 aromatic rings. The van der Waals surface area contributed by atoms with Gasteiger partial charge in [0.25, 0.3) is 0 Å². The molecule has 8 heteroatoms. The molecule has 0 aromatic heterocycles. The van der Waals surface area contributed by atoms with Crippen molar-refractivity contribution in [2.45, 2.75) is 25.7 Å². The zero-order valence-corrected chi connectivity index (χ0v) is 10.6. The van der Waals surface area contributed by atoms with Gasteiger partial charge in [0.15, 0.2) is 0 Å². The fraction of sp³-hybridized carbons (Fsp3) is 0.500. The van der Waals surface area contributed by atoms with Crippen LogP contribution in [0.2, 0.25) is 0 Å². The molecule has 0 saturated carbocycles. The van der Waals surface area contributed by atoms with Crippen LogP contribution in [0.25, 0.3) is 0 Å². The summed E-state index contributed by atoms with van der Waals surface area (Å²) >= 11 is 0. The van der Waals surface area contributed by atoms with E-state index in [1.807, 2.05) is 0 Å². The molecule has 0 aliphatic heterocycles. The van der Waals surface area contributed by atoms with Crippen LogP contribution in [0.1, 0.15) is 18.9 Å². The van der Waals surface area contributed by atoms with Gasteiger partial charge in [-0.2, -0.15) is 26.3 Å². The SMILES string of the molecule is CCCN(CC(F)(F)F)c1ccc(N)cc1C(F)(F)F. The Hall–Kier alpha value is -1.60. The van der Waals surface area contributed by atoms with Gasteiger partial charge in [0, 0.05) is 17.9 Å². The summed E-state index contributed by atoms with van der Waals surface area (Å²) in [4.78, 5) is 0.669. The van der Waals surface area contributed by atoms with Gasteiger partial charge in [-0.3, -0.25) is 0 Å². The van der Waals surface area contributed by atoms with Crippen molar-refractivity contribution in [3.05, 3.63) is 23.8 Å². The third-order valence-electron chi connectivity index (χ3n) is 2.53. The Bertz CT molecular complexity index is 452. The minimum Gasteiger partial charge on any atom is -0.399 e.